The van der Waals surface area contributed by atoms with Gasteiger partial charge < -0.3 is 9.88 Å². The number of aliphatic imine (C=N–C) groups is 1. The molecule has 10 heteroatoms. The van der Waals surface area contributed by atoms with Crippen molar-refractivity contribution < 1.29 is 4.39 Å². The van der Waals surface area contributed by atoms with Crippen LogP contribution < -0.4 is 10.9 Å². The normalized spacial score (nSPS) is 14.2. The fourth-order valence-corrected chi connectivity index (χ4v) is 3.58. The van der Waals surface area contributed by atoms with Crippen LogP contribution in [0.5, 0.6) is 0 Å². The first-order chi connectivity index (χ1) is 15.6. The van der Waals surface area contributed by atoms with Crippen molar-refractivity contribution in [2.24, 2.45) is 4.99 Å². The Morgan fingerprint density at radius 2 is 1.94 bits per heavy atom. The summed E-state index contributed by atoms with van der Waals surface area (Å²) in [5.41, 5.74) is 1.57. The Hall–Kier alpha value is -4.52. The number of rotatable bonds is 3. The Labute approximate surface area is 181 Å². The van der Waals surface area contributed by atoms with Crippen molar-refractivity contribution in [3.63, 3.8) is 0 Å². The van der Waals surface area contributed by atoms with E-state index in [4.69, 9.17) is 5.26 Å². The molecule has 0 saturated carbocycles. The van der Waals surface area contributed by atoms with Crippen LogP contribution in [0.25, 0.3) is 16.7 Å². The molecule has 1 aliphatic heterocycles. The molecule has 2 aromatic heterocycles. The van der Waals surface area contributed by atoms with Crippen molar-refractivity contribution in [3.05, 3.63) is 82.8 Å². The van der Waals surface area contributed by atoms with Crippen LogP contribution >= 0.6 is 0 Å². The average Bonchev–Trinajstić information content (AvgIpc) is 3.20. The summed E-state index contributed by atoms with van der Waals surface area (Å²) in [6, 6.07) is 15.2. The average molecular weight is 428 g/mol. The maximum atomic E-state index is 13.1. The molecule has 32 heavy (non-hydrogen) atoms. The predicted molar refractivity (Wildman–Crippen MR) is 116 cm³/mol. The van der Waals surface area contributed by atoms with Gasteiger partial charge in [0.25, 0.3) is 5.56 Å². The number of halogens is 1. The second-order valence-electron chi connectivity index (χ2n) is 7.33. The van der Waals surface area contributed by atoms with Gasteiger partial charge in [0.2, 0.25) is 5.96 Å². The summed E-state index contributed by atoms with van der Waals surface area (Å²) in [6.45, 7) is 1.01. The molecule has 1 fully saturated rings. The fraction of sp³-hybridized carbons (Fsp3) is 0.136. The number of para-hydroxylation sites is 1. The summed E-state index contributed by atoms with van der Waals surface area (Å²) in [6.07, 6.45) is 3.39. The number of aromatic nitrogens is 4. The number of nitrogens with one attached hydrogen (secondary N) is 2. The lowest BCUT2D eigenvalue weighted by atomic mass is 9.99. The quantitative estimate of drug-likeness (QED) is 0.224. The highest BCUT2D eigenvalue weighted by molar-refractivity contribution is 5.85. The first-order valence-electron chi connectivity index (χ1n) is 9.90. The van der Waals surface area contributed by atoms with Crippen molar-refractivity contribution in [2.75, 3.05) is 13.1 Å². The van der Waals surface area contributed by atoms with E-state index < -0.39 is 0 Å². The van der Waals surface area contributed by atoms with E-state index in [1.54, 1.807) is 4.68 Å². The third kappa shape index (κ3) is 3.56. The summed E-state index contributed by atoms with van der Waals surface area (Å²) in [5.74, 6) is 0.496. The smallest absolute Gasteiger partial charge is 0.262 e. The molecule has 0 bridgehead atoms. The van der Waals surface area contributed by atoms with Crippen molar-refractivity contribution in [3.8, 4) is 11.9 Å². The van der Waals surface area contributed by atoms with Crippen LogP contribution in [-0.2, 0) is 0 Å². The summed E-state index contributed by atoms with van der Waals surface area (Å²) in [5, 5.41) is 16.4. The van der Waals surface area contributed by atoms with Gasteiger partial charge in [0.15, 0.2) is 11.8 Å². The number of hydrogen-bond acceptors (Lipinski definition) is 5. The van der Waals surface area contributed by atoms with E-state index in [-0.39, 0.29) is 17.3 Å². The van der Waals surface area contributed by atoms with Crippen molar-refractivity contribution in [2.45, 2.75) is 5.92 Å². The molecule has 5 rings (SSSR count). The van der Waals surface area contributed by atoms with Crippen LogP contribution in [0, 0.1) is 17.3 Å². The molecule has 0 aliphatic carbocycles. The maximum Gasteiger partial charge on any atom is 0.262 e. The Morgan fingerprint density at radius 1 is 1.19 bits per heavy atom. The zero-order valence-electron chi connectivity index (χ0n) is 16.7. The van der Waals surface area contributed by atoms with Crippen LogP contribution in [0.15, 0.2) is 70.6 Å². The highest BCUT2D eigenvalue weighted by Gasteiger charge is 2.33. The van der Waals surface area contributed by atoms with Crippen molar-refractivity contribution in [1.29, 1.82) is 5.26 Å². The molecule has 0 spiro atoms. The Morgan fingerprint density at radius 3 is 2.66 bits per heavy atom. The number of aromatic amines is 1. The lowest BCUT2D eigenvalue weighted by Gasteiger charge is -2.39. The third-order valence-electron chi connectivity index (χ3n) is 5.25. The summed E-state index contributed by atoms with van der Waals surface area (Å²) < 4.78 is 14.8. The van der Waals surface area contributed by atoms with Crippen LogP contribution in [0.1, 0.15) is 11.7 Å². The standard InChI is InChI=1S/C22H17FN8O/c23-15-6-8-16(9-7-15)27-22(25-13-24)30-11-14(12-30)19-28-20-18(21(32)29-19)10-26-31(20)17-4-2-1-3-5-17/h1-10,14H,11-12H2,(H,25,27)(H,28,29,32). The Bertz CT molecular complexity index is 1400. The molecular weight excluding hydrogens is 411 g/mol. The molecule has 4 aromatic rings. The topological polar surface area (TPSA) is 115 Å². The third-order valence-corrected chi connectivity index (χ3v) is 5.25. The number of likely N-dealkylation sites (tertiary alicyclic amines) is 1. The van der Waals surface area contributed by atoms with Gasteiger partial charge in [-0.15, -0.1) is 0 Å². The molecule has 3 heterocycles. The molecule has 1 aliphatic rings. The number of H-pyrrole nitrogens is 1. The largest absolute Gasteiger partial charge is 0.340 e. The zero-order chi connectivity index (χ0) is 22.1. The maximum absolute atomic E-state index is 13.1. The van der Waals surface area contributed by atoms with Gasteiger partial charge in [0.05, 0.1) is 23.5 Å². The monoisotopic (exact) mass is 428 g/mol. The second-order valence-corrected chi connectivity index (χ2v) is 7.33. The van der Waals surface area contributed by atoms with Crippen LogP contribution in [0.3, 0.4) is 0 Å². The van der Waals surface area contributed by atoms with Gasteiger partial charge in [-0.2, -0.15) is 10.4 Å². The molecule has 0 atom stereocenters. The predicted octanol–water partition coefficient (Wildman–Crippen LogP) is 2.41. The van der Waals surface area contributed by atoms with E-state index in [1.807, 2.05) is 41.4 Å². The molecule has 0 amide bonds. The van der Waals surface area contributed by atoms with Gasteiger partial charge in [0.1, 0.15) is 17.0 Å². The van der Waals surface area contributed by atoms with Crippen LogP contribution in [-0.4, -0.2) is 43.7 Å². The van der Waals surface area contributed by atoms with Gasteiger partial charge in [0, 0.05) is 13.1 Å². The molecule has 0 unspecified atom stereocenters. The summed E-state index contributed by atoms with van der Waals surface area (Å²) in [4.78, 5) is 26.4. The van der Waals surface area contributed by atoms with E-state index in [2.05, 4.69) is 25.4 Å². The number of benzene rings is 2. The van der Waals surface area contributed by atoms with Crippen molar-refractivity contribution >= 4 is 22.7 Å². The van der Waals surface area contributed by atoms with E-state index in [0.717, 1.165) is 5.69 Å². The van der Waals surface area contributed by atoms with Gasteiger partial charge in [-0.25, -0.2) is 19.0 Å². The molecule has 2 aromatic carbocycles. The summed E-state index contributed by atoms with van der Waals surface area (Å²) >= 11 is 0. The highest BCUT2D eigenvalue weighted by Crippen LogP contribution is 2.26. The van der Waals surface area contributed by atoms with Crippen LogP contribution in [0.4, 0.5) is 10.1 Å². The van der Waals surface area contributed by atoms with E-state index in [0.29, 0.717) is 41.6 Å². The minimum Gasteiger partial charge on any atom is -0.340 e. The first-order valence-corrected chi connectivity index (χ1v) is 9.90. The number of hydrogen-bond donors (Lipinski definition) is 2. The molecule has 9 nitrogen and oxygen atoms in total. The van der Waals surface area contributed by atoms with Crippen molar-refractivity contribution in [1.82, 2.24) is 30.0 Å². The SMILES string of the molecule is N#CNC(=Nc1ccc(F)cc1)N1CC(c2nc3c(cnn3-c3ccccc3)c(=O)[nH]2)C1. The highest BCUT2D eigenvalue weighted by atomic mass is 19.1. The van der Waals surface area contributed by atoms with Gasteiger partial charge in [-0.3, -0.25) is 10.1 Å². The number of nitriles is 1. The van der Waals surface area contributed by atoms with E-state index in [1.165, 1.54) is 30.5 Å². The first kappa shape index (κ1) is 19.4. The van der Waals surface area contributed by atoms with Gasteiger partial charge in [-0.05, 0) is 36.4 Å². The molecule has 0 radical (unpaired) electrons. The lowest BCUT2D eigenvalue weighted by Crippen LogP contribution is -2.53. The van der Waals surface area contributed by atoms with Crippen LogP contribution in [0.2, 0.25) is 0 Å². The molecule has 2 N–H and O–H groups in total. The minimum atomic E-state index is -0.358. The molecule has 158 valence electrons. The number of fused-ring (bicyclic) bond motifs is 1. The number of guanidine groups is 1. The van der Waals surface area contributed by atoms with E-state index in [9.17, 15) is 9.18 Å². The summed E-state index contributed by atoms with van der Waals surface area (Å²) in [7, 11) is 0. The van der Waals surface area contributed by atoms with Gasteiger partial charge >= 0.3 is 0 Å². The van der Waals surface area contributed by atoms with E-state index >= 15 is 0 Å². The zero-order valence-corrected chi connectivity index (χ0v) is 16.7. The molecular formula is C22H17FN8O. The molecule has 1 saturated heterocycles. The second kappa shape index (κ2) is 7.96. The van der Waals surface area contributed by atoms with Gasteiger partial charge in [-0.1, -0.05) is 18.2 Å². The lowest BCUT2D eigenvalue weighted by molar-refractivity contribution is 0.239. The minimum absolute atomic E-state index is 0.0508. The number of nitrogens with zero attached hydrogens (tertiary/aromatic N) is 6. The Kier molecular flexibility index (Phi) is 4.84. The Balaban J connectivity index is 1.41. The fourth-order valence-electron chi connectivity index (χ4n) is 3.58.